The van der Waals surface area contributed by atoms with E-state index < -0.39 is 18.7 Å². The van der Waals surface area contributed by atoms with Crippen molar-refractivity contribution in [1.82, 2.24) is 24.5 Å². The van der Waals surface area contributed by atoms with Crippen LogP contribution in [0.25, 0.3) is 16.9 Å². The Morgan fingerprint density at radius 3 is 2.69 bits per heavy atom. The molecule has 3 heterocycles. The average molecular weight is 405 g/mol. The van der Waals surface area contributed by atoms with Crippen LogP contribution in [0.3, 0.4) is 0 Å². The zero-order chi connectivity index (χ0) is 20.6. The standard InChI is InChI=1S/C19H18F3N5O2/c20-19(21,22)10-26-8-4-7-13(9-26)16-24-17-14(18(28)29)15(23-11-27(17)25-16)12-5-2-1-3-6-12/h1-3,5-6,11,13H,4,7-10H2,(H,28,29). The maximum atomic E-state index is 12.7. The zero-order valence-corrected chi connectivity index (χ0v) is 15.3. The smallest absolute Gasteiger partial charge is 0.401 e. The van der Waals surface area contributed by atoms with Crippen LogP contribution in [0.5, 0.6) is 0 Å². The van der Waals surface area contributed by atoms with Crippen LogP contribution in [0, 0.1) is 0 Å². The number of piperidine rings is 1. The summed E-state index contributed by atoms with van der Waals surface area (Å²) in [5, 5.41) is 14.1. The Bertz CT molecular complexity index is 1040. The van der Waals surface area contributed by atoms with Crippen LogP contribution in [0.2, 0.25) is 0 Å². The molecule has 152 valence electrons. The summed E-state index contributed by atoms with van der Waals surface area (Å²) >= 11 is 0. The number of halogens is 3. The van der Waals surface area contributed by atoms with E-state index in [0.29, 0.717) is 30.8 Å². The van der Waals surface area contributed by atoms with Gasteiger partial charge in [0.05, 0.1) is 12.2 Å². The number of benzene rings is 1. The van der Waals surface area contributed by atoms with Crippen molar-refractivity contribution in [2.45, 2.75) is 24.9 Å². The van der Waals surface area contributed by atoms with Gasteiger partial charge in [0.15, 0.2) is 11.5 Å². The van der Waals surface area contributed by atoms with Crippen molar-refractivity contribution >= 4 is 11.6 Å². The van der Waals surface area contributed by atoms with Crippen molar-refractivity contribution in [3.63, 3.8) is 0 Å². The normalized spacial score (nSPS) is 18.2. The number of fused-ring (bicyclic) bond motifs is 1. The van der Waals surface area contributed by atoms with E-state index in [1.54, 1.807) is 24.3 Å². The maximum Gasteiger partial charge on any atom is 0.401 e. The highest BCUT2D eigenvalue weighted by Crippen LogP contribution is 2.29. The van der Waals surface area contributed by atoms with Crippen molar-refractivity contribution in [3.05, 3.63) is 48.0 Å². The van der Waals surface area contributed by atoms with Gasteiger partial charge in [-0.3, -0.25) is 4.90 Å². The third-order valence-electron chi connectivity index (χ3n) is 4.94. The van der Waals surface area contributed by atoms with Gasteiger partial charge in [0, 0.05) is 18.0 Å². The number of nitrogens with zero attached hydrogens (tertiary/aromatic N) is 5. The lowest BCUT2D eigenvalue weighted by atomic mass is 9.97. The molecule has 0 saturated carbocycles. The molecule has 1 fully saturated rings. The van der Waals surface area contributed by atoms with Crippen LogP contribution in [-0.4, -0.2) is 61.4 Å². The number of carboxylic acid groups (broad SMARTS) is 1. The average Bonchev–Trinajstić information content (AvgIpc) is 3.11. The van der Waals surface area contributed by atoms with E-state index in [4.69, 9.17) is 0 Å². The van der Waals surface area contributed by atoms with Crippen molar-refractivity contribution in [2.24, 2.45) is 0 Å². The first-order valence-electron chi connectivity index (χ1n) is 9.15. The van der Waals surface area contributed by atoms with E-state index in [0.717, 1.165) is 0 Å². The minimum Gasteiger partial charge on any atom is -0.477 e. The van der Waals surface area contributed by atoms with Crippen LogP contribution >= 0.6 is 0 Å². The summed E-state index contributed by atoms with van der Waals surface area (Å²) in [6.07, 6.45) is -1.64. The molecule has 29 heavy (non-hydrogen) atoms. The molecular formula is C19H18F3N5O2. The third-order valence-corrected chi connectivity index (χ3v) is 4.94. The van der Waals surface area contributed by atoms with Crippen LogP contribution in [0.1, 0.15) is 34.9 Å². The number of likely N-dealkylation sites (tertiary alicyclic amines) is 1. The van der Waals surface area contributed by atoms with Gasteiger partial charge in [-0.15, -0.1) is 5.10 Å². The number of alkyl halides is 3. The number of rotatable bonds is 4. The molecule has 0 aliphatic carbocycles. The molecule has 4 rings (SSSR count). The highest BCUT2D eigenvalue weighted by Gasteiger charge is 2.34. The number of carboxylic acids is 1. The van der Waals surface area contributed by atoms with Gasteiger partial charge in [0.1, 0.15) is 11.9 Å². The third kappa shape index (κ3) is 4.07. The molecule has 1 aliphatic heterocycles. The lowest BCUT2D eigenvalue weighted by molar-refractivity contribution is -0.148. The fourth-order valence-corrected chi connectivity index (χ4v) is 3.72. The summed E-state index contributed by atoms with van der Waals surface area (Å²) in [5.41, 5.74) is 0.951. The molecule has 7 nitrogen and oxygen atoms in total. The largest absolute Gasteiger partial charge is 0.477 e. The van der Waals surface area contributed by atoms with Gasteiger partial charge in [-0.1, -0.05) is 30.3 Å². The summed E-state index contributed by atoms with van der Waals surface area (Å²) in [4.78, 5) is 21.9. The molecule has 0 amide bonds. The first-order valence-corrected chi connectivity index (χ1v) is 9.15. The Morgan fingerprint density at radius 1 is 1.24 bits per heavy atom. The molecule has 10 heteroatoms. The lowest BCUT2D eigenvalue weighted by Gasteiger charge is -2.31. The van der Waals surface area contributed by atoms with E-state index in [-0.39, 0.29) is 29.4 Å². The number of hydrogen-bond acceptors (Lipinski definition) is 5. The van der Waals surface area contributed by atoms with E-state index in [2.05, 4.69) is 15.1 Å². The Hall–Kier alpha value is -3.01. The highest BCUT2D eigenvalue weighted by atomic mass is 19.4. The molecule has 1 saturated heterocycles. The van der Waals surface area contributed by atoms with Gasteiger partial charge < -0.3 is 5.11 Å². The lowest BCUT2D eigenvalue weighted by Crippen LogP contribution is -2.40. The second-order valence-corrected chi connectivity index (χ2v) is 7.07. The SMILES string of the molecule is O=C(O)c1c(-c2ccccc2)ncn2nc(C3CCCN(CC(F)(F)F)C3)nc12. The van der Waals surface area contributed by atoms with Gasteiger partial charge in [0.2, 0.25) is 0 Å². The highest BCUT2D eigenvalue weighted by molar-refractivity contribution is 6.00. The summed E-state index contributed by atoms with van der Waals surface area (Å²) in [5.74, 6) is -1.15. The van der Waals surface area contributed by atoms with E-state index in [1.807, 2.05) is 6.07 Å². The molecule has 0 radical (unpaired) electrons. The summed E-state index contributed by atoms with van der Waals surface area (Å²) < 4.78 is 39.5. The van der Waals surface area contributed by atoms with Crippen LogP contribution in [0.15, 0.2) is 36.7 Å². The molecule has 3 aromatic rings. The first-order chi connectivity index (χ1) is 13.8. The first kappa shape index (κ1) is 19.3. The van der Waals surface area contributed by atoms with Crippen molar-refractivity contribution in [3.8, 4) is 11.3 Å². The summed E-state index contributed by atoms with van der Waals surface area (Å²) in [6, 6.07) is 8.86. The second-order valence-electron chi connectivity index (χ2n) is 7.07. The Labute approximate surface area is 163 Å². The fraction of sp³-hybridized carbons (Fsp3) is 0.368. The molecule has 1 N–H and O–H groups in total. The van der Waals surface area contributed by atoms with Gasteiger partial charge in [-0.2, -0.15) is 13.2 Å². The van der Waals surface area contributed by atoms with Gasteiger partial charge in [-0.25, -0.2) is 19.3 Å². The monoisotopic (exact) mass is 405 g/mol. The Balaban J connectivity index is 1.71. The number of aromatic nitrogens is 4. The van der Waals surface area contributed by atoms with Crippen molar-refractivity contribution in [2.75, 3.05) is 19.6 Å². The van der Waals surface area contributed by atoms with Crippen LogP contribution in [-0.2, 0) is 0 Å². The Morgan fingerprint density at radius 2 is 2.00 bits per heavy atom. The minimum absolute atomic E-state index is 0.0830. The summed E-state index contributed by atoms with van der Waals surface area (Å²) in [6.45, 7) is -0.432. The number of carbonyl (C=O) groups is 1. The van der Waals surface area contributed by atoms with E-state index in [9.17, 15) is 23.1 Å². The van der Waals surface area contributed by atoms with Gasteiger partial charge in [-0.05, 0) is 19.4 Å². The zero-order valence-electron chi connectivity index (χ0n) is 15.3. The molecule has 0 spiro atoms. The molecule has 2 aromatic heterocycles. The summed E-state index contributed by atoms with van der Waals surface area (Å²) in [7, 11) is 0. The van der Waals surface area contributed by atoms with Crippen molar-refractivity contribution in [1.29, 1.82) is 0 Å². The predicted molar refractivity (Wildman–Crippen MR) is 97.6 cm³/mol. The minimum atomic E-state index is -4.26. The number of hydrogen-bond donors (Lipinski definition) is 1. The number of aromatic carboxylic acids is 1. The second kappa shape index (κ2) is 7.43. The molecule has 1 aromatic carbocycles. The van der Waals surface area contributed by atoms with Crippen LogP contribution in [0.4, 0.5) is 13.2 Å². The van der Waals surface area contributed by atoms with Crippen LogP contribution < -0.4 is 0 Å². The molecule has 0 bridgehead atoms. The fourth-order valence-electron chi connectivity index (χ4n) is 3.72. The predicted octanol–water partition coefficient (Wildman–Crippen LogP) is 3.23. The van der Waals surface area contributed by atoms with E-state index >= 15 is 0 Å². The topological polar surface area (TPSA) is 83.6 Å². The Kier molecular flexibility index (Phi) is 4.95. The molecular weight excluding hydrogens is 387 g/mol. The van der Waals surface area contributed by atoms with Gasteiger partial charge >= 0.3 is 12.1 Å². The molecule has 1 unspecified atom stereocenters. The van der Waals surface area contributed by atoms with Gasteiger partial charge in [0.25, 0.3) is 0 Å². The maximum absolute atomic E-state index is 12.7. The van der Waals surface area contributed by atoms with Crippen molar-refractivity contribution < 1.29 is 23.1 Å². The molecule has 1 aliphatic rings. The quantitative estimate of drug-likeness (QED) is 0.718. The molecule has 1 atom stereocenters. The van der Waals surface area contributed by atoms with E-state index in [1.165, 1.54) is 15.7 Å².